The molecule has 4 heterocycles. The van der Waals surface area contributed by atoms with Crippen molar-refractivity contribution in [3.63, 3.8) is 0 Å². The molecule has 0 atom stereocenters. The third-order valence-electron chi connectivity index (χ3n) is 5.78. The smallest absolute Gasteiger partial charge is 0.225 e. The first-order valence-electron chi connectivity index (χ1n) is 10.4. The van der Waals surface area contributed by atoms with E-state index in [0.29, 0.717) is 30.4 Å². The Labute approximate surface area is 185 Å². The van der Waals surface area contributed by atoms with Gasteiger partial charge in [-0.1, -0.05) is 42.1 Å². The first kappa shape index (κ1) is 20.1. The number of aryl methyl sites for hydroxylation is 1. The largest absolute Gasteiger partial charge is 0.348 e. The van der Waals surface area contributed by atoms with Gasteiger partial charge in [-0.2, -0.15) is 5.26 Å². The van der Waals surface area contributed by atoms with Crippen LogP contribution in [0.4, 0.5) is 5.95 Å². The molecule has 7 nitrogen and oxygen atoms in total. The molecule has 1 aromatic carbocycles. The number of aromatic nitrogens is 2. The van der Waals surface area contributed by atoms with Crippen molar-refractivity contribution in [3.05, 3.63) is 63.8 Å². The lowest BCUT2D eigenvalue weighted by molar-refractivity contribution is -0.169. The van der Waals surface area contributed by atoms with E-state index in [1.807, 2.05) is 42.7 Å². The van der Waals surface area contributed by atoms with Gasteiger partial charge in [0.25, 0.3) is 0 Å². The topological polar surface area (TPSA) is 83.3 Å². The summed E-state index contributed by atoms with van der Waals surface area (Å²) < 4.78 is 11.6. The van der Waals surface area contributed by atoms with E-state index in [1.165, 1.54) is 11.8 Å². The maximum Gasteiger partial charge on any atom is 0.225 e. The fourth-order valence-electron chi connectivity index (χ4n) is 4.06. The van der Waals surface area contributed by atoms with Gasteiger partial charge in [-0.3, -0.25) is 0 Å². The summed E-state index contributed by atoms with van der Waals surface area (Å²) in [6, 6.07) is 12.4. The van der Waals surface area contributed by atoms with Gasteiger partial charge in [-0.25, -0.2) is 9.97 Å². The summed E-state index contributed by atoms with van der Waals surface area (Å²) in [5.74, 6) is 0.203. The van der Waals surface area contributed by atoms with Crippen molar-refractivity contribution in [2.75, 3.05) is 31.2 Å². The monoisotopic (exact) mass is 433 g/mol. The second-order valence-corrected chi connectivity index (χ2v) is 8.63. The lowest BCUT2D eigenvalue weighted by Crippen LogP contribution is -2.45. The number of thioether (sulfide) groups is 1. The zero-order valence-electron chi connectivity index (χ0n) is 17.3. The van der Waals surface area contributed by atoms with Crippen molar-refractivity contribution in [2.45, 2.75) is 25.6 Å². The third-order valence-corrected chi connectivity index (χ3v) is 6.68. The molecule has 2 saturated heterocycles. The molecule has 8 heteroatoms. The van der Waals surface area contributed by atoms with Crippen molar-refractivity contribution in [1.82, 2.24) is 15.3 Å². The van der Waals surface area contributed by atoms with Crippen molar-refractivity contribution in [2.24, 2.45) is 0 Å². The molecule has 1 N–H and O–H groups in total. The Kier molecular flexibility index (Phi) is 5.40. The number of hydrogen-bond acceptors (Lipinski definition) is 8. The van der Waals surface area contributed by atoms with Crippen LogP contribution in [0, 0.1) is 18.3 Å². The highest BCUT2D eigenvalue weighted by Crippen LogP contribution is 2.36. The van der Waals surface area contributed by atoms with E-state index < -0.39 is 5.79 Å². The summed E-state index contributed by atoms with van der Waals surface area (Å²) in [4.78, 5) is 11.5. The number of allylic oxidation sites excluding steroid dienone is 1. The summed E-state index contributed by atoms with van der Waals surface area (Å²) in [5.41, 5.74) is 4.14. The molecular weight excluding hydrogens is 410 g/mol. The number of anilines is 1. The molecule has 0 saturated carbocycles. The molecule has 3 aliphatic heterocycles. The Bertz CT molecular complexity index is 1080. The van der Waals surface area contributed by atoms with Crippen LogP contribution in [0.15, 0.2) is 47.0 Å². The number of ether oxygens (including phenoxy) is 2. The van der Waals surface area contributed by atoms with Crippen LogP contribution in [0.3, 0.4) is 0 Å². The van der Waals surface area contributed by atoms with Crippen molar-refractivity contribution >= 4 is 29.0 Å². The van der Waals surface area contributed by atoms with Gasteiger partial charge in [-0.15, -0.1) is 0 Å². The van der Waals surface area contributed by atoms with Crippen LogP contribution in [0.5, 0.6) is 0 Å². The molecule has 0 amide bonds. The Balaban J connectivity index is 1.38. The van der Waals surface area contributed by atoms with Crippen molar-refractivity contribution in [1.29, 1.82) is 5.26 Å². The summed E-state index contributed by atoms with van der Waals surface area (Å²) in [6.07, 6.45) is 3.37. The van der Waals surface area contributed by atoms with E-state index in [2.05, 4.69) is 21.3 Å². The third kappa shape index (κ3) is 3.92. The molecule has 2 aromatic rings. The number of hydrogen-bond donors (Lipinski definition) is 1. The first-order chi connectivity index (χ1) is 15.2. The van der Waals surface area contributed by atoms with Crippen LogP contribution in [-0.2, 0) is 9.47 Å². The van der Waals surface area contributed by atoms with Gasteiger partial charge in [0.1, 0.15) is 11.6 Å². The Hall–Kier alpha value is -2.86. The van der Waals surface area contributed by atoms with E-state index in [-0.39, 0.29) is 0 Å². The molecule has 0 bridgehead atoms. The number of benzene rings is 1. The van der Waals surface area contributed by atoms with Crippen LogP contribution in [0.25, 0.3) is 11.3 Å². The molecule has 3 aliphatic rings. The van der Waals surface area contributed by atoms with E-state index >= 15 is 0 Å². The Morgan fingerprint density at radius 3 is 2.65 bits per heavy atom. The summed E-state index contributed by atoms with van der Waals surface area (Å²) in [7, 11) is 0. The second-order valence-electron chi connectivity index (χ2n) is 7.75. The summed E-state index contributed by atoms with van der Waals surface area (Å²) in [5, 5.41) is 16.2. The van der Waals surface area contributed by atoms with Crippen LogP contribution in [0.2, 0.25) is 0 Å². The van der Waals surface area contributed by atoms with E-state index in [0.717, 1.165) is 47.8 Å². The van der Waals surface area contributed by atoms with Crippen LogP contribution in [-0.4, -0.2) is 42.1 Å². The SMILES string of the molecule is Cc1cnc(N2CCC3(CC2)OCCO3)nc1/C(C#N)=C1/NC(c2ccccc2)=CS1. The van der Waals surface area contributed by atoms with E-state index in [1.54, 1.807) is 6.20 Å². The summed E-state index contributed by atoms with van der Waals surface area (Å²) >= 11 is 1.51. The minimum Gasteiger partial charge on any atom is -0.348 e. The second kappa shape index (κ2) is 8.35. The van der Waals surface area contributed by atoms with E-state index in [4.69, 9.17) is 14.5 Å². The molecule has 158 valence electrons. The minimum absolute atomic E-state index is 0.437. The van der Waals surface area contributed by atoms with Gasteiger partial charge in [-0.05, 0) is 18.1 Å². The minimum atomic E-state index is -0.437. The lowest BCUT2D eigenvalue weighted by atomic mass is 10.0. The molecule has 1 aromatic heterocycles. The maximum atomic E-state index is 9.97. The van der Waals surface area contributed by atoms with Gasteiger partial charge in [0.15, 0.2) is 5.79 Å². The van der Waals surface area contributed by atoms with Crippen molar-refractivity contribution < 1.29 is 9.47 Å². The Morgan fingerprint density at radius 1 is 1.19 bits per heavy atom. The fraction of sp³-hybridized carbons (Fsp3) is 0.348. The van der Waals surface area contributed by atoms with E-state index in [9.17, 15) is 5.26 Å². The Morgan fingerprint density at radius 2 is 1.94 bits per heavy atom. The number of nitrogens with one attached hydrogen (secondary N) is 1. The highest BCUT2D eigenvalue weighted by atomic mass is 32.2. The molecule has 2 fully saturated rings. The normalized spacial score (nSPS) is 21.5. The van der Waals surface area contributed by atoms with Gasteiger partial charge < -0.3 is 19.7 Å². The molecule has 5 rings (SSSR count). The summed E-state index contributed by atoms with van der Waals surface area (Å²) in [6.45, 7) is 4.77. The van der Waals surface area contributed by atoms with Gasteiger partial charge in [0.05, 0.1) is 29.6 Å². The predicted molar refractivity (Wildman–Crippen MR) is 121 cm³/mol. The lowest BCUT2D eigenvalue weighted by Gasteiger charge is -2.37. The molecule has 0 aliphatic carbocycles. The van der Waals surface area contributed by atoms with Crippen LogP contribution in [0.1, 0.15) is 29.7 Å². The average molecular weight is 434 g/mol. The van der Waals surface area contributed by atoms with Gasteiger partial charge >= 0.3 is 0 Å². The zero-order valence-corrected chi connectivity index (χ0v) is 18.1. The molecule has 0 unspecified atom stereocenters. The molecule has 0 radical (unpaired) electrons. The highest BCUT2D eigenvalue weighted by Gasteiger charge is 2.40. The number of nitriles is 1. The van der Waals surface area contributed by atoms with Crippen LogP contribution < -0.4 is 10.2 Å². The average Bonchev–Trinajstić information content (AvgIpc) is 3.47. The fourth-order valence-corrected chi connectivity index (χ4v) is 4.92. The highest BCUT2D eigenvalue weighted by molar-refractivity contribution is 8.06. The zero-order chi connectivity index (χ0) is 21.3. The predicted octanol–water partition coefficient (Wildman–Crippen LogP) is 3.66. The quantitative estimate of drug-likeness (QED) is 0.735. The van der Waals surface area contributed by atoms with Crippen molar-refractivity contribution in [3.8, 4) is 6.07 Å². The number of nitrogens with zero attached hydrogens (tertiary/aromatic N) is 4. The van der Waals surface area contributed by atoms with Crippen LogP contribution >= 0.6 is 11.8 Å². The standard InChI is InChI=1S/C23H23N5O2S/c1-16-14-25-22(28-9-7-23(8-10-28)29-11-12-30-23)27-20(16)18(13-24)21-26-19(15-31-21)17-5-3-2-4-6-17/h2-6,14-15,26H,7-12H2,1H3/b21-18-. The van der Waals surface area contributed by atoms with Gasteiger partial charge in [0, 0.05) is 37.5 Å². The molecule has 31 heavy (non-hydrogen) atoms. The molecule has 1 spiro atoms. The number of rotatable bonds is 3. The first-order valence-corrected chi connectivity index (χ1v) is 11.3. The maximum absolute atomic E-state index is 9.97. The van der Waals surface area contributed by atoms with Gasteiger partial charge in [0.2, 0.25) is 5.95 Å². The number of piperidine rings is 1. The molecular formula is C23H23N5O2S.